The third-order valence-corrected chi connectivity index (χ3v) is 11.2. The van der Waals surface area contributed by atoms with E-state index in [9.17, 15) is 0 Å². The second-order valence-electron chi connectivity index (χ2n) is 13.2. The number of rotatable bonds is 6. The predicted molar refractivity (Wildman–Crippen MR) is 223 cm³/mol. The molecule has 10 rings (SSSR count). The maximum Gasteiger partial charge on any atom is 0.165 e. The summed E-state index contributed by atoms with van der Waals surface area (Å²) < 4.78 is 2.43. The molecule has 0 amide bonds. The molecule has 0 radical (unpaired) electrons. The largest absolute Gasteiger partial charge is 0.208 e. The second kappa shape index (κ2) is 13.1. The second-order valence-corrected chi connectivity index (χ2v) is 14.2. The van der Waals surface area contributed by atoms with E-state index in [0.29, 0.717) is 17.5 Å². The molecule has 3 nitrogen and oxygen atoms in total. The summed E-state index contributed by atoms with van der Waals surface area (Å²) in [5.74, 6) is 1.96. The number of hydrogen-bond donors (Lipinski definition) is 0. The third kappa shape index (κ3) is 5.57. The number of fused-ring (bicyclic) bond motifs is 4. The molecule has 10 aromatic rings. The highest BCUT2D eigenvalue weighted by Crippen LogP contribution is 2.41. The lowest BCUT2D eigenvalue weighted by Crippen LogP contribution is -2.01. The Morgan fingerprint density at radius 1 is 0.283 bits per heavy atom. The van der Waals surface area contributed by atoms with E-state index in [2.05, 4.69) is 170 Å². The molecule has 2 aromatic heterocycles. The Hall–Kier alpha value is -6.75. The predicted octanol–water partition coefficient (Wildman–Crippen LogP) is 13.4. The van der Waals surface area contributed by atoms with E-state index in [1.165, 1.54) is 47.6 Å². The number of thiophene rings is 1. The Bertz CT molecular complexity index is 2950. The van der Waals surface area contributed by atoms with Crippen LogP contribution >= 0.6 is 11.3 Å². The van der Waals surface area contributed by atoms with Crippen molar-refractivity contribution in [2.45, 2.75) is 0 Å². The van der Waals surface area contributed by atoms with Crippen molar-refractivity contribution in [1.82, 2.24) is 15.0 Å². The molecular formula is C49H31N3S. The fourth-order valence-corrected chi connectivity index (χ4v) is 8.67. The summed E-state index contributed by atoms with van der Waals surface area (Å²) in [6, 6.07) is 66.3. The quantitative estimate of drug-likeness (QED) is 0.174. The monoisotopic (exact) mass is 693 g/mol. The van der Waals surface area contributed by atoms with Crippen molar-refractivity contribution in [2.75, 3.05) is 0 Å². The first-order valence-corrected chi connectivity index (χ1v) is 18.6. The fraction of sp³-hybridized carbons (Fsp3) is 0. The van der Waals surface area contributed by atoms with Gasteiger partial charge < -0.3 is 0 Å². The molecule has 248 valence electrons. The molecule has 0 aliphatic heterocycles. The van der Waals surface area contributed by atoms with Gasteiger partial charge in [0.15, 0.2) is 17.5 Å². The average molecular weight is 694 g/mol. The summed E-state index contributed by atoms with van der Waals surface area (Å²) in [7, 11) is 0. The lowest BCUT2D eigenvalue weighted by molar-refractivity contribution is 1.08. The van der Waals surface area contributed by atoms with Crippen LogP contribution in [-0.4, -0.2) is 15.0 Å². The van der Waals surface area contributed by atoms with Gasteiger partial charge in [0.2, 0.25) is 0 Å². The molecule has 0 aliphatic rings. The van der Waals surface area contributed by atoms with Gasteiger partial charge in [-0.1, -0.05) is 170 Å². The highest BCUT2D eigenvalue weighted by molar-refractivity contribution is 7.26. The molecule has 0 saturated carbocycles. The molecule has 0 spiro atoms. The smallest absolute Gasteiger partial charge is 0.165 e. The summed E-state index contributed by atoms with van der Waals surface area (Å²) in [6.45, 7) is 0. The molecule has 0 unspecified atom stereocenters. The third-order valence-electron chi connectivity index (χ3n) is 9.97. The zero-order valence-electron chi connectivity index (χ0n) is 28.6. The van der Waals surface area contributed by atoms with Crippen molar-refractivity contribution in [3.05, 3.63) is 188 Å². The van der Waals surface area contributed by atoms with Gasteiger partial charge in [-0.2, -0.15) is 0 Å². The molecule has 0 fully saturated rings. The molecule has 2 heterocycles. The fourth-order valence-electron chi connectivity index (χ4n) is 7.46. The lowest BCUT2D eigenvalue weighted by Gasteiger charge is -2.15. The van der Waals surface area contributed by atoms with Gasteiger partial charge in [0.1, 0.15) is 0 Å². The summed E-state index contributed by atoms with van der Waals surface area (Å²) in [5.41, 5.74) is 9.89. The van der Waals surface area contributed by atoms with Crippen molar-refractivity contribution in [3.8, 4) is 67.5 Å². The standard InChI is InChI=1S/C49H31N3S/c1-3-15-32(16-4-1)37-29-30-38(40-23-9-8-22-39(37)40)35-20-13-19-34(31-35)36-21-7-10-25-43(36)48-50-47(33-17-5-2-6-18-33)51-49(52-48)44-27-14-26-42-41-24-11-12-28-45(41)53-46(42)44/h1-31H. The number of hydrogen-bond acceptors (Lipinski definition) is 4. The normalized spacial score (nSPS) is 11.4. The van der Waals surface area contributed by atoms with Crippen LogP contribution in [0.4, 0.5) is 0 Å². The Morgan fingerprint density at radius 3 is 1.49 bits per heavy atom. The SMILES string of the molecule is c1ccc(-c2nc(-c3ccccc3-c3cccc(-c4ccc(-c5ccccc5)c5ccccc45)c3)nc(-c3cccc4c3sc3ccccc34)n2)cc1. The Kier molecular flexibility index (Phi) is 7.67. The number of benzene rings is 8. The van der Waals surface area contributed by atoms with Crippen LogP contribution in [0.1, 0.15) is 0 Å². The highest BCUT2D eigenvalue weighted by atomic mass is 32.1. The van der Waals surface area contributed by atoms with Gasteiger partial charge in [-0.05, 0) is 62.4 Å². The van der Waals surface area contributed by atoms with Crippen LogP contribution in [-0.2, 0) is 0 Å². The van der Waals surface area contributed by atoms with Crippen molar-refractivity contribution < 1.29 is 0 Å². The van der Waals surface area contributed by atoms with Gasteiger partial charge >= 0.3 is 0 Å². The van der Waals surface area contributed by atoms with Gasteiger partial charge in [-0.3, -0.25) is 0 Å². The van der Waals surface area contributed by atoms with E-state index in [1.807, 2.05) is 18.2 Å². The first-order chi connectivity index (χ1) is 26.3. The minimum atomic E-state index is 0.644. The summed E-state index contributed by atoms with van der Waals surface area (Å²) in [4.78, 5) is 15.5. The van der Waals surface area contributed by atoms with Crippen LogP contribution in [0.25, 0.3) is 98.5 Å². The first kappa shape index (κ1) is 31.0. The molecule has 4 heteroatoms. The van der Waals surface area contributed by atoms with E-state index in [4.69, 9.17) is 15.0 Å². The van der Waals surface area contributed by atoms with Gasteiger partial charge in [0, 0.05) is 36.9 Å². The molecule has 0 saturated heterocycles. The molecular weight excluding hydrogens is 663 g/mol. The van der Waals surface area contributed by atoms with E-state index < -0.39 is 0 Å². The molecule has 53 heavy (non-hydrogen) atoms. The maximum atomic E-state index is 5.25. The maximum absolute atomic E-state index is 5.25. The van der Waals surface area contributed by atoms with Crippen LogP contribution in [0.5, 0.6) is 0 Å². The van der Waals surface area contributed by atoms with Gasteiger partial charge in [0.25, 0.3) is 0 Å². The summed E-state index contributed by atoms with van der Waals surface area (Å²) in [5, 5.41) is 4.93. The number of aromatic nitrogens is 3. The van der Waals surface area contributed by atoms with Gasteiger partial charge in [-0.25, -0.2) is 15.0 Å². The van der Waals surface area contributed by atoms with Crippen LogP contribution < -0.4 is 0 Å². The van der Waals surface area contributed by atoms with Crippen LogP contribution in [0.3, 0.4) is 0 Å². The topological polar surface area (TPSA) is 38.7 Å². The van der Waals surface area contributed by atoms with Crippen molar-refractivity contribution in [2.24, 2.45) is 0 Å². The number of nitrogens with zero attached hydrogens (tertiary/aromatic N) is 3. The van der Waals surface area contributed by atoms with Crippen molar-refractivity contribution in [3.63, 3.8) is 0 Å². The zero-order valence-corrected chi connectivity index (χ0v) is 29.5. The highest BCUT2D eigenvalue weighted by Gasteiger charge is 2.19. The molecule has 0 aliphatic carbocycles. The molecule has 0 bridgehead atoms. The Morgan fingerprint density at radius 2 is 0.755 bits per heavy atom. The minimum Gasteiger partial charge on any atom is -0.208 e. The first-order valence-electron chi connectivity index (χ1n) is 17.8. The molecule has 8 aromatic carbocycles. The summed E-state index contributed by atoms with van der Waals surface area (Å²) >= 11 is 1.79. The molecule has 0 N–H and O–H groups in total. The molecule has 0 atom stereocenters. The van der Waals surface area contributed by atoms with Crippen LogP contribution in [0.15, 0.2) is 188 Å². The average Bonchev–Trinajstić information content (AvgIpc) is 3.63. The van der Waals surface area contributed by atoms with Gasteiger partial charge in [0.05, 0.1) is 0 Å². The lowest BCUT2D eigenvalue weighted by atomic mass is 9.90. The minimum absolute atomic E-state index is 0.644. The zero-order chi connectivity index (χ0) is 35.1. The van der Waals surface area contributed by atoms with E-state index in [1.54, 1.807) is 11.3 Å². The summed E-state index contributed by atoms with van der Waals surface area (Å²) in [6.07, 6.45) is 0. The van der Waals surface area contributed by atoms with Gasteiger partial charge in [-0.15, -0.1) is 11.3 Å². The Labute approximate surface area is 311 Å². The van der Waals surface area contributed by atoms with Crippen LogP contribution in [0.2, 0.25) is 0 Å². The Balaban J connectivity index is 1.13. The van der Waals surface area contributed by atoms with E-state index in [0.717, 1.165) is 33.4 Å². The van der Waals surface area contributed by atoms with Crippen molar-refractivity contribution in [1.29, 1.82) is 0 Å². The van der Waals surface area contributed by atoms with Crippen molar-refractivity contribution >= 4 is 42.3 Å². The van der Waals surface area contributed by atoms with E-state index >= 15 is 0 Å². The van der Waals surface area contributed by atoms with E-state index in [-0.39, 0.29) is 0 Å². The van der Waals surface area contributed by atoms with Crippen LogP contribution in [0, 0.1) is 0 Å².